The average Bonchev–Trinajstić information content (AvgIpc) is 2.73. The van der Waals surface area contributed by atoms with Gasteiger partial charge in [-0.2, -0.15) is 0 Å². The van der Waals surface area contributed by atoms with Gasteiger partial charge in [0, 0.05) is 18.7 Å². The Morgan fingerprint density at radius 3 is 2.71 bits per heavy atom. The molecule has 1 unspecified atom stereocenters. The molecule has 1 aromatic carbocycles. The molecule has 166 valence electrons. The predicted octanol–water partition coefficient (Wildman–Crippen LogP) is 3.01. The average molecular weight is 429 g/mol. The standard InChI is InChI=1S/C23H27NO7/c1-4-5-10-28-16-9-7-6-8-15(16)18-19-17(13-14(2)30-23(19)26)31-21(24)20(18)22(25)29-12-11-27-3/h6-9,13,18H,4-5,10-12,24H2,1-3H3. The van der Waals surface area contributed by atoms with Crippen molar-refractivity contribution in [1.29, 1.82) is 0 Å². The van der Waals surface area contributed by atoms with Crippen molar-refractivity contribution in [1.82, 2.24) is 0 Å². The molecule has 0 spiro atoms. The Hall–Kier alpha value is -3.26. The van der Waals surface area contributed by atoms with Gasteiger partial charge < -0.3 is 29.1 Å². The van der Waals surface area contributed by atoms with Crippen molar-refractivity contribution >= 4 is 5.97 Å². The second-order valence-electron chi connectivity index (χ2n) is 7.10. The number of hydrogen-bond donors (Lipinski definition) is 1. The number of benzene rings is 1. The van der Waals surface area contributed by atoms with Crippen molar-refractivity contribution in [3.63, 3.8) is 0 Å². The quantitative estimate of drug-likeness (QED) is 0.478. The largest absolute Gasteiger partial charge is 0.493 e. The highest BCUT2D eigenvalue weighted by Crippen LogP contribution is 2.44. The highest BCUT2D eigenvalue weighted by molar-refractivity contribution is 5.92. The number of carbonyl (C=O) groups excluding carboxylic acids is 1. The molecule has 8 heteroatoms. The molecule has 3 rings (SSSR count). The van der Waals surface area contributed by atoms with Crippen LogP contribution in [0.4, 0.5) is 0 Å². The van der Waals surface area contributed by atoms with E-state index in [9.17, 15) is 9.59 Å². The third-order valence-corrected chi connectivity index (χ3v) is 4.86. The number of aryl methyl sites for hydroxylation is 1. The van der Waals surface area contributed by atoms with Crippen LogP contribution in [0.3, 0.4) is 0 Å². The van der Waals surface area contributed by atoms with Crippen LogP contribution in [0.1, 0.15) is 42.6 Å². The van der Waals surface area contributed by atoms with Gasteiger partial charge in [-0.3, -0.25) is 0 Å². The van der Waals surface area contributed by atoms with Gasteiger partial charge in [0.2, 0.25) is 5.88 Å². The molecule has 2 heterocycles. The Morgan fingerprint density at radius 2 is 1.97 bits per heavy atom. The fourth-order valence-electron chi connectivity index (χ4n) is 3.40. The first kappa shape index (κ1) is 22.4. The van der Waals surface area contributed by atoms with Crippen LogP contribution in [0.25, 0.3) is 0 Å². The molecule has 0 saturated carbocycles. The predicted molar refractivity (Wildman–Crippen MR) is 113 cm³/mol. The highest BCUT2D eigenvalue weighted by atomic mass is 16.6. The maximum atomic E-state index is 13.0. The van der Waals surface area contributed by atoms with Gasteiger partial charge in [0.15, 0.2) is 0 Å². The minimum atomic E-state index is -0.867. The lowest BCUT2D eigenvalue weighted by atomic mass is 9.83. The van der Waals surface area contributed by atoms with Crippen LogP contribution >= 0.6 is 0 Å². The van der Waals surface area contributed by atoms with E-state index in [1.807, 2.05) is 6.07 Å². The molecule has 0 aliphatic carbocycles. The molecule has 2 N–H and O–H groups in total. The van der Waals surface area contributed by atoms with Gasteiger partial charge in [0.25, 0.3) is 0 Å². The van der Waals surface area contributed by atoms with Crippen LogP contribution in [-0.4, -0.2) is 32.9 Å². The van der Waals surface area contributed by atoms with Crippen LogP contribution in [0.15, 0.2) is 51.0 Å². The molecule has 2 aromatic rings. The van der Waals surface area contributed by atoms with Gasteiger partial charge >= 0.3 is 11.6 Å². The second kappa shape index (κ2) is 10.2. The van der Waals surface area contributed by atoms with E-state index < -0.39 is 17.5 Å². The summed E-state index contributed by atoms with van der Waals surface area (Å²) in [5.74, 6) is -0.541. The molecule has 0 fully saturated rings. The molecular weight excluding hydrogens is 402 g/mol. The fraction of sp³-hybridized carbons (Fsp3) is 0.391. The van der Waals surface area contributed by atoms with Crippen molar-refractivity contribution in [2.45, 2.75) is 32.6 Å². The van der Waals surface area contributed by atoms with Gasteiger partial charge in [-0.15, -0.1) is 0 Å². The van der Waals surface area contributed by atoms with Gasteiger partial charge in [-0.05, 0) is 19.4 Å². The number of esters is 1. The maximum Gasteiger partial charge on any atom is 0.343 e. The fourth-order valence-corrected chi connectivity index (χ4v) is 3.40. The number of ether oxygens (including phenoxy) is 4. The summed E-state index contributed by atoms with van der Waals surface area (Å²) in [4.78, 5) is 25.8. The third kappa shape index (κ3) is 4.91. The van der Waals surface area contributed by atoms with Crippen LogP contribution in [0.5, 0.6) is 11.5 Å². The van der Waals surface area contributed by atoms with Gasteiger partial charge in [-0.1, -0.05) is 31.5 Å². The van der Waals surface area contributed by atoms with E-state index in [-0.39, 0.29) is 36.0 Å². The molecule has 1 atom stereocenters. The number of methoxy groups -OCH3 is 1. The zero-order chi connectivity index (χ0) is 22.4. The Balaban J connectivity index is 2.14. The molecule has 0 radical (unpaired) electrons. The zero-order valence-corrected chi connectivity index (χ0v) is 17.9. The first-order valence-corrected chi connectivity index (χ1v) is 10.2. The molecule has 0 amide bonds. The summed E-state index contributed by atoms with van der Waals surface area (Å²) in [7, 11) is 1.50. The molecule has 8 nitrogen and oxygen atoms in total. The summed E-state index contributed by atoms with van der Waals surface area (Å²) >= 11 is 0. The summed E-state index contributed by atoms with van der Waals surface area (Å²) in [6.07, 6.45) is 1.83. The lowest BCUT2D eigenvalue weighted by Gasteiger charge is -2.28. The molecule has 31 heavy (non-hydrogen) atoms. The smallest absolute Gasteiger partial charge is 0.343 e. The number of para-hydroxylation sites is 1. The summed E-state index contributed by atoms with van der Waals surface area (Å²) in [5.41, 5.74) is 6.33. The Bertz CT molecular complexity index is 1020. The SMILES string of the molecule is CCCCOc1ccccc1C1C(C(=O)OCCOC)=C(N)Oc2cc(C)oc(=O)c21. The van der Waals surface area contributed by atoms with E-state index in [2.05, 4.69) is 6.92 Å². The summed E-state index contributed by atoms with van der Waals surface area (Å²) in [6.45, 7) is 4.45. The second-order valence-corrected chi connectivity index (χ2v) is 7.10. The lowest BCUT2D eigenvalue weighted by molar-refractivity contribution is -0.140. The number of fused-ring (bicyclic) bond motifs is 1. The van der Waals surface area contributed by atoms with Crippen LogP contribution in [0, 0.1) is 6.92 Å². The molecule has 0 saturated heterocycles. The number of rotatable bonds is 9. The van der Waals surface area contributed by atoms with Crippen LogP contribution in [0.2, 0.25) is 0 Å². The zero-order valence-electron chi connectivity index (χ0n) is 17.9. The van der Waals surface area contributed by atoms with Crippen molar-refractivity contribution < 1.29 is 28.2 Å². The Morgan fingerprint density at radius 1 is 1.19 bits per heavy atom. The minimum Gasteiger partial charge on any atom is -0.493 e. The van der Waals surface area contributed by atoms with Crippen molar-refractivity contribution in [2.75, 3.05) is 26.9 Å². The van der Waals surface area contributed by atoms with Crippen LogP contribution < -0.4 is 20.8 Å². The first-order valence-electron chi connectivity index (χ1n) is 10.2. The van der Waals surface area contributed by atoms with E-state index in [0.29, 0.717) is 23.7 Å². The van der Waals surface area contributed by atoms with E-state index in [1.54, 1.807) is 31.2 Å². The Kier molecular flexibility index (Phi) is 7.36. The molecule has 0 bridgehead atoms. The molecule has 1 aliphatic heterocycles. The highest BCUT2D eigenvalue weighted by Gasteiger charge is 2.39. The summed E-state index contributed by atoms with van der Waals surface area (Å²) in [5, 5.41) is 0. The topological polar surface area (TPSA) is 110 Å². The minimum absolute atomic E-state index is 0.0197. The summed E-state index contributed by atoms with van der Waals surface area (Å²) < 4.78 is 27.2. The van der Waals surface area contributed by atoms with E-state index in [4.69, 9.17) is 29.1 Å². The lowest BCUT2D eigenvalue weighted by Crippen LogP contribution is -2.31. The van der Waals surface area contributed by atoms with Crippen molar-refractivity contribution in [2.24, 2.45) is 5.73 Å². The Labute approximate surface area is 180 Å². The first-order chi connectivity index (χ1) is 15.0. The number of unbranched alkanes of at least 4 members (excludes halogenated alkanes) is 1. The number of hydrogen-bond acceptors (Lipinski definition) is 8. The van der Waals surface area contributed by atoms with Crippen molar-refractivity contribution in [3.8, 4) is 11.5 Å². The van der Waals surface area contributed by atoms with Crippen LogP contribution in [-0.2, 0) is 14.3 Å². The van der Waals surface area contributed by atoms with E-state index in [1.165, 1.54) is 7.11 Å². The molecular formula is C23H27NO7. The monoisotopic (exact) mass is 429 g/mol. The van der Waals surface area contributed by atoms with Gasteiger partial charge in [0.05, 0.1) is 24.7 Å². The van der Waals surface area contributed by atoms with Gasteiger partial charge in [-0.25, -0.2) is 9.59 Å². The normalized spacial score (nSPS) is 15.3. The number of carbonyl (C=O) groups is 1. The molecule has 1 aromatic heterocycles. The maximum absolute atomic E-state index is 13.0. The number of nitrogens with two attached hydrogens (primary N) is 1. The summed E-state index contributed by atoms with van der Waals surface area (Å²) in [6, 6.07) is 8.78. The van der Waals surface area contributed by atoms with Crippen molar-refractivity contribution in [3.05, 3.63) is 69.1 Å². The van der Waals surface area contributed by atoms with E-state index in [0.717, 1.165) is 12.8 Å². The van der Waals surface area contributed by atoms with E-state index >= 15 is 0 Å². The molecule has 1 aliphatic rings. The third-order valence-electron chi connectivity index (χ3n) is 4.86. The van der Waals surface area contributed by atoms with Gasteiger partial charge in [0.1, 0.15) is 29.4 Å².